The lowest BCUT2D eigenvalue weighted by atomic mass is 10.2. The lowest BCUT2D eigenvalue weighted by molar-refractivity contribution is -0.0425. The molecule has 2 aromatic heterocycles. The predicted octanol–water partition coefficient (Wildman–Crippen LogP) is 3.16. The number of hydrogen-bond acceptors (Lipinski definition) is 6. The van der Waals surface area contributed by atoms with Crippen LogP contribution in [0.5, 0.6) is 0 Å². The minimum Gasteiger partial charge on any atom is -0.467 e. The highest BCUT2D eigenvalue weighted by Gasteiger charge is 2.24. The van der Waals surface area contributed by atoms with E-state index < -0.39 is 0 Å². The van der Waals surface area contributed by atoms with E-state index in [-0.39, 0.29) is 6.10 Å². The molecule has 1 aliphatic rings. The Morgan fingerprint density at radius 2 is 2.27 bits per heavy atom. The molecule has 5 nitrogen and oxygen atoms in total. The van der Waals surface area contributed by atoms with Crippen LogP contribution in [0.3, 0.4) is 0 Å². The fraction of sp³-hybridized carbons (Fsp3) is 0.562. The molecule has 1 atom stereocenters. The molecule has 0 aromatic carbocycles. The van der Waals surface area contributed by atoms with E-state index in [1.165, 1.54) is 4.88 Å². The van der Waals surface area contributed by atoms with Crippen LogP contribution >= 0.6 is 11.3 Å². The van der Waals surface area contributed by atoms with Crippen molar-refractivity contribution in [3.05, 3.63) is 35.2 Å². The third-order valence-electron chi connectivity index (χ3n) is 3.97. The number of hydrogen-bond donors (Lipinski definition) is 0. The second kappa shape index (κ2) is 7.26. The van der Waals surface area contributed by atoms with Crippen LogP contribution in [0.2, 0.25) is 0 Å². The molecule has 120 valence electrons. The average molecular weight is 321 g/mol. The lowest BCUT2D eigenvalue weighted by Crippen LogP contribution is -2.37. The summed E-state index contributed by atoms with van der Waals surface area (Å²) in [6.07, 6.45) is 3.76. The first-order chi connectivity index (χ1) is 10.8. The summed E-state index contributed by atoms with van der Waals surface area (Å²) < 4.78 is 11.3. The Labute approximate surface area is 135 Å². The van der Waals surface area contributed by atoms with Crippen molar-refractivity contribution >= 4 is 16.5 Å². The summed E-state index contributed by atoms with van der Waals surface area (Å²) in [4.78, 5) is 10.6. The van der Waals surface area contributed by atoms with Gasteiger partial charge in [-0.1, -0.05) is 0 Å². The number of morpholine rings is 1. The van der Waals surface area contributed by atoms with Gasteiger partial charge in [0, 0.05) is 43.8 Å². The van der Waals surface area contributed by atoms with Crippen LogP contribution in [0.25, 0.3) is 0 Å². The van der Waals surface area contributed by atoms with Gasteiger partial charge < -0.3 is 14.1 Å². The molecule has 2 aromatic rings. The maximum Gasteiger partial charge on any atom is 0.185 e. The van der Waals surface area contributed by atoms with Crippen molar-refractivity contribution in [2.45, 2.75) is 26.5 Å². The normalized spacial score (nSPS) is 19.5. The van der Waals surface area contributed by atoms with E-state index in [0.717, 1.165) is 50.2 Å². The Hall–Kier alpha value is -1.37. The fourth-order valence-corrected chi connectivity index (χ4v) is 3.80. The van der Waals surface area contributed by atoms with Crippen molar-refractivity contribution in [3.63, 3.8) is 0 Å². The maximum absolute atomic E-state index is 5.81. The lowest BCUT2D eigenvalue weighted by Gasteiger charge is -2.31. The molecule has 0 amide bonds. The van der Waals surface area contributed by atoms with Crippen molar-refractivity contribution in [2.24, 2.45) is 0 Å². The monoisotopic (exact) mass is 321 g/mol. The van der Waals surface area contributed by atoms with Gasteiger partial charge in [-0.25, -0.2) is 4.98 Å². The van der Waals surface area contributed by atoms with Gasteiger partial charge in [-0.3, -0.25) is 4.90 Å². The van der Waals surface area contributed by atoms with E-state index in [2.05, 4.69) is 28.6 Å². The van der Waals surface area contributed by atoms with Crippen molar-refractivity contribution in [3.8, 4) is 0 Å². The molecule has 0 radical (unpaired) electrons. The van der Waals surface area contributed by atoms with Crippen LogP contribution in [-0.2, 0) is 11.3 Å². The number of anilines is 1. The minimum absolute atomic E-state index is 0.0407. The largest absolute Gasteiger partial charge is 0.467 e. The van der Waals surface area contributed by atoms with Gasteiger partial charge in [0.05, 0.1) is 12.9 Å². The molecule has 0 aliphatic carbocycles. The maximum atomic E-state index is 5.81. The number of nitrogens with zero attached hydrogens (tertiary/aromatic N) is 3. The van der Waals surface area contributed by atoms with Crippen molar-refractivity contribution in [2.75, 3.05) is 37.7 Å². The van der Waals surface area contributed by atoms with Gasteiger partial charge in [0.2, 0.25) is 0 Å². The topological polar surface area (TPSA) is 41.7 Å². The Morgan fingerprint density at radius 1 is 1.41 bits per heavy atom. The molecule has 22 heavy (non-hydrogen) atoms. The standard InChI is InChI=1S/C16H23N3O2S/c1-3-19(4-2)16-17-10-13(22-16)11-18-7-9-21-15(12-18)14-6-5-8-20-14/h5-6,8,10,15H,3-4,7,9,11-12H2,1-2H3/t15-/m1/s1. The highest BCUT2D eigenvalue weighted by molar-refractivity contribution is 7.15. The van der Waals surface area contributed by atoms with E-state index in [1.807, 2.05) is 18.3 Å². The summed E-state index contributed by atoms with van der Waals surface area (Å²) in [6.45, 7) is 9.83. The summed E-state index contributed by atoms with van der Waals surface area (Å²) >= 11 is 1.79. The Morgan fingerprint density at radius 3 is 3.00 bits per heavy atom. The first-order valence-corrected chi connectivity index (χ1v) is 8.68. The molecular weight excluding hydrogens is 298 g/mol. The van der Waals surface area contributed by atoms with E-state index in [1.54, 1.807) is 17.6 Å². The molecular formula is C16H23N3O2S. The van der Waals surface area contributed by atoms with Crippen LogP contribution in [0.4, 0.5) is 5.13 Å². The summed E-state index contributed by atoms with van der Waals surface area (Å²) in [6, 6.07) is 3.90. The third kappa shape index (κ3) is 3.51. The van der Waals surface area contributed by atoms with Crippen LogP contribution in [0.1, 0.15) is 30.6 Å². The Bertz CT molecular complexity index is 566. The van der Waals surface area contributed by atoms with Gasteiger partial charge in [0.25, 0.3) is 0 Å². The minimum atomic E-state index is 0.0407. The number of furan rings is 1. The van der Waals surface area contributed by atoms with Gasteiger partial charge in [-0.05, 0) is 26.0 Å². The molecule has 1 saturated heterocycles. The molecule has 3 rings (SSSR count). The van der Waals surface area contributed by atoms with Crippen LogP contribution in [0.15, 0.2) is 29.0 Å². The zero-order valence-corrected chi connectivity index (χ0v) is 14.0. The van der Waals surface area contributed by atoms with Crippen LogP contribution in [-0.4, -0.2) is 42.7 Å². The molecule has 3 heterocycles. The third-order valence-corrected chi connectivity index (χ3v) is 5.01. The second-order valence-corrected chi connectivity index (χ2v) is 6.49. The number of rotatable bonds is 6. The summed E-state index contributed by atoms with van der Waals surface area (Å²) in [5, 5.41) is 1.12. The smallest absolute Gasteiger partial charge is 0.185 e. The zero-order valence-electron chi connectivity index (χ0n) is 13.2. The summed E-state index contributed by atoms with van der Waals surface area (Å²) in [5.74, 6) is 0.915. The molecule has 0 saturated carbocycles. The first-order valence-electron chi connectivity index (χ1n) is 7.87. The zero-order chi connectivity index (χ0) is 15.4. The SMILES string of the molecule is CCN(CC)c1ncc(CN2CCO[C@@H](c3ccco3)C2)s1. The van der Waals surface area contributed by atoms with Crippen LogP contribution < -0.4 is 4.90 Å². The van der Waals surface area contributed by atoms with Gasteiger partial charge >= 0.3 is 0 Å². The summed E-state index contributed by atoms with van der Waals surface area (Å²) in [5.41, 5.74) is 0. The number of thiazole rings is 1. The first kappa shape index (κ1) is 15.5. The average Bonchev–Trinajstić information content (AvgIpc) is 3.21. The quantitative estimate of drug-likeness (QED) is 0.817. The fourth-order valence-electron chi connectivity index (χ4n) is 2.72. The van der Waals surface area contributed by atoms with Gasteiger partial charge in [-0.15, -0.1) is 11.3 Å². The molecule has 0 N–H and O–H groups in total. The number of aromatic nitrogens is 1. The van der Waals surface area contributed by atoms with Crippen molar-refractivity contribution < 1.29 is 9.15 Å². The molecule has 0 bridgehead atoms. The van der Waals surface area contributed by atoms with Crippen LogP contribution in [0, 0.1) is 0 Å². The van der Waals surface area contributed by atoms with Gasteiger partial charge in [0.1, 0.15) is 11.9 Å². The molecule has 1 aliphatic heterocycles. The highest BCUT2D eigenvalue weighted by Crippen LogP contribution is 2.27. The van der Waals surface area contributed by atoms with E-state index in [0.29, 0.717) is 0 Å². The van der Waals surface area contributed by atoms with Gasteiger partial charge in [0.15, 0.2) is 5.13 Å². The highest BCUT2D eigenvalue weighted by atomic mass is 32.1. The molecule has 0 unspecified atom stereocenters. The molecule has 6 heteroatoms. The second-order valence-electron chi connectivity index (χ2n) is 5.39. The summed E-state index contributed by atoms with van der Waals surface area (Å²) in [7, 11) is 0. The number of ether oxygens (including phenoxy) is 1. The van der Waals surface area contributed by atoms with E-state index in [9.17, 15) is 0 Å². The Balaban J connectivity index is 1.61. The Kier molecular flexibility index (Phi) is 5.12. The van der Waals surface area contributed by atoms with E-state index in [4.69, 9.17) is 9.15 Å². The molecule has 1 fully saturated rings. The van der Waals surface area contributed by atoms with Crippen molar-refractivity contribution in [1.82, 2.24) is 9.88 Å². The van der Waals surface area contributed by atoms with Crippen molar-refractivity contribution in [1.29, 1.82) is 0 Å². The molecule has 0 spiro atoms. The van der Waals surface area contributed by atoms with Gasteiger partial charge in [-0.2, -0.15) is 0 Å². The van der Waals surface area contributed by atoms with E-state index >= 15 is 0 Å². The predicted molar refractivity (Wildman–Crippen MR) is 88.4 cm³/mol.